The van der Waals surface area contributed by atoms with Gasteiger partial charge >= 0.3 is 0 Å². The van der Waals surface area contributed by atoms with Gasteiger partial charge in [-0.25, -0.2) is 0 Å². The van der Waals surface area contributed by atoms with Crippen LogP contribution >= 0.6 is 0 Å². The zero-order chi connectivity index (χ0) is 13.2. The second-order valence-electron chi connectivity index (χ2n) is 6.85. The largest absolute Gasteiger partial charge is 0.393 e. The average molecular weight is 255 g/mol. The Labute approximate surface area is 112 Å². The molecule has 2 rings (SSSR count). The zero-order valence-corrected chi connectivity index (χ0v) is 12.2. The first-order chi connectivity index (χ1) is 8.46. The molecule has 106 valence electrons. The van der Waals surface area contributed by atoms with Crippen molar-refractivity contribution < 1.29 is 9.84 Å². The molecule has 1 heterocycles. The van der Waals surface area contributed by atoms with E-state index in [2.05, 4.69) is 25.7 Å². The van der Waals surface area contributed by atoms with E-state index in [0.717, 1.165) is 26.1 Å². The summed E-state index contributed by atoms with van der Waals surface area (Å²) in [4.78, 5) is 2.49. The molecule has 1 saturated heterocycles. The highest BCUT2D eigenvalue weighted by molar-refractivity contribution is 4.85. The van der Waals surface area contributed by atoms with Gasteiger partial charge in [-0.05, 0) is 39.5 Å². The number of aliphatic hydroxyl groups excluding tert-OH is 1. The SMILES string of the molecule is CC1CN(CC2CCCCCC2O)CC(C)(C)O1. The van der Waals surface area contributed by atoms with Crippen molar-refractivity contribution in [3.05, 3.63) is 0 Å². The summed E-state index contributed by atoms with van der Waals surface area (Å²) < 4.78 is 5.94. The fourth-order valence-electron chi connectivity index (χ4n) is 3.63. The molecule has 18 heavy (non-hydrogen) atoms. The lowest BCUT2D eigenvalue weighted by atomic mass is 9.95. The molecule has 2 fully saturated rings. The molecule has 0 aromatic heterocycles. The van der Waals surface area contributed by atoms with Crippen molar-refractivity contribution in [3.63, 3.8) is 0 Å². The highest BCUT2D eigenvalue weighted by Gasteiger charge is 2.33. The molecule has 0 aromatic rings. The van der Waals surface area contributed by atoms with E-state index in [-0.39, 0.29) is 11.7 Å². The summed E-state index contributed by atoms with van der Waals surface area (Å²) in [6, 6.07) is 0. The molecule has 1 saturated carbocycles. The van der Waals surface area contributed by atoms with Crippen LogP contribution in [0.1, 0.15) is 52.9 Å². The molecule has 1 aliphatic heterocycles. The number of hydrogen-bond acceptors (Lipinski definition) is 3. The maximum absolute atomic E-state index is 10.2. The summed E-state index contributed by atoms with van der Waals surface area (Å²) in [6.45, 7) is 9.52. The minimum Gasteiger partial charge on any atom is -0.393 e. The van der Waals surface area contributed by atoms with E-state index in [9.17, 15) is 5.11 Å². The van der Waals surface area contributed by atoms with Gasteiger partial charge in [-0.15, -0.1) is 0 Å². The minimum absolute atomic E-state index is 0.0483. The van der Waals surface area contributed by atoms with Crippen LogP contribution in [0.15, 0.2) is 0 Å². The van der Waals surface area contributed by atoms with Gasteiger partial charge in [0, 0.05) is 19.6 Å². The predicted octanol–water partition coefficient (Wildman–Crippen LogP) is 2.43. The molecular formula is C15H29NO2. The third-order valence-electron chi connectivity index (χ3n) is 4.25. The number of aliphatic hydroxyl groups is 1. The van der Waals surface area contributed by atoms with Crippen molar-refractivity contribution in [2.24, 2.45) is 5.92 Å². The molecule has 0 aromatic carbocycles. The quantitative estimate of drug-likeness (QED) is 0.769. The molecule has 3 unspecified atom stereocenters. The van der Waals surface area contributed by atoms with E-state index in [1.165, 1.54) is 25.7 Å². The highest BCUT2D eigenvalue weighted by Crippen LogP contribution is 2.27. The van der Waals surface area contributed by atoms with Crippen molar-refractivity contribution in [2.75, 3.05) is 19.6 Å². The zero-order valence-electron chi connectivity index (χ0n) is 12.2. The molecule has 0 radical (unpaired) electrons. The smallest absolute Gasteiger partial charge is 0.0757 e. The number of morpholine rings is 1. The first kappa shape index (κ1) is 14.3. The Morgan fingerprint density at radius 1 is 1.22 bits per heavy atom. The van der Waals surface area contributed by atoms with Gasteiger partial charge in [0.2, 0.25) is 0 Å². The highest BCUT2D eigenvalue weighted by atomic mass is 16.5. The van der Waals surface area contributed by atoms with Crippen LogP contribution in [0, 0.1) is 5.92 Å². The van der Waals surface area contributed by atoms with Crippen molar-refractivity contribution in [1.29, 1.82) is 0 Å². The third-order valence-corrected chi connectivity index (χ3v) is 4.25. The maximum atomic E-state index is 10.2. The van der Waals surface area contributed by atoms with E-state index < -0.39 is 0 Å². The third kappa shape index (κ3) is 3.94. The monoisotopic (exact) mass is 255 g/mol. The van der Waals surface area contributed by atoms with Gasteiger partial charge in [0.05, 0.1) is 17.8 Å². The summed E-state index contributed by atoms with van der Waals surface area (Å²) >= 11 is 0. The van der Waals surface area contributed by atoms with Gasteiger partial charge in [-0.2, -0.15) is 0 Å². The van der Waals surface area contributed by atoms with Crippen LogP contribution in [-0.2, 0) is 4.74 Å². The van der Waals surface area contributed by atoms with E-state index in [4.69, 9.17) is 4.74 Å². The Bertz CT molecular complexity index is 267. The Morgan fingerprint density at radius 3 is 2.67 bits per heavy atom. The van der Waals surface area contributed by atoms with Crippen molar-refractivity contribution in [1.82, 2.24) is 4.90 Å². The molecular weight excluding hydrogens is 226 g/mol. The Hall–Kier alpha value is -0.120. The fourth-order valence-corrected chi connectivity index (χ4v) is 3.63. The molecule has 0 bridgehead atoms. The number of hydrogen-bond donors (Lipinski definition) is 1. The van der Waals surface area contributed by atoms with Gasteiger partial charge in [-0.1, -0.05) is 19.3 Å². The lowest BCUT2D eigenvalue weighted by Gasteiger charge is -2.43. The van der Waals surface area contributed by atoms with Crippen LogP contribution < -0.4 is 0 Å². The van der Waals surface area contributed by atoms with Crippen LogP contribution in [0.5, 0.6) is 0 Å². The number of ether oxygens (including phenoxy) is 1. The lowest BCUT2D eigenvalue weighted by molar-refractivity contribution is -0.133. The van der Waals surface area contributed by atoms with Gasteiger partial charge < -0.3 is 9.84 Å². The Balaban J connectivity index is 1.91. The predicted molar refractivity (Wildman–Crippen MR) is 73.6 cm³/mol. The standard InChI is InChI=1S/C15H29NO2/c1-12-9-16(11-15(2,3)18-12)10-13-7-5-4-6-8-14(13)17/h12-14,17H,4-11H2,1-3H3. The van der Waals surface area contributed by atoms with Crippen molar-refractivity contribution in [3.8, 4) is 0 Å². The number of rotatable bonds is 2. The molecule has 0 amide bonds. The van der Waals surface area contributed by atoms with Gasteiger partial charge in [-0.3, -0.25) is 4.90 Å². The van der Waals surface area contributed by atoms with Gasteiger partial charge in [0.15, 0.2) is 0 Å². The van der Waals surface area contributed by atoms with Crippen LogP contribution in [-0.4, -0.2) is 47.4 Å². The summed E-state index contributed by atoms with van der Waals surface area (Å²) in [7, 11) is 0. The first-order valence-corrected chi connectivity index (χ1v) is 7.54. The topological polar surface area (TPSA) is 32.7 Å². The molecule has 1 aliphatic carbocycles. The van der Waals surface area contributed by atoms with Crippen molar-refractivity contribution in [2.45, 2.75) is 70.7 Å². The molecule has 0 spiro atoms. The molecule has 3 atom stereocenters. The molecule has 3 nitrogen and oxygen atoms in total. The summed E-state index contributed by atoms with van der Waals surface area (Å²) in [5, 5.41) is 10.2. The molecule has 2 aliphatic rings. The second kappa shape index (κ2) is 5.89. The van der Waals surface area contributed by atoms with E-state index in [1.807, 2.05) is 0 Å². The van der Waals surface area contributed by atoms with E-state index in [0.29, 0.717) is 12.0 Å². The average Bonchev–Trinajstić information content (AvgIpc) is 2.41. The van der Waals surface area contributed by atoms with Crippen LogP contribution in [0.3, 0.4) is 0 Å². The van der Waals surface area contributed by atoms with Crippen LogP contribution in [0.25, 0.3) is 0 Å². The molecule has 1 N–H and O–H groups in total. The minimum atomic E-state index is -0.0891. The summed E-state index contributed by atoms with van der Waals surface area (Å²) in [5.41, 5.74) is -0.0483. The fraction of sp³-hybridized carbons (Fsp3) is 1.00. The maximum Gasteiger partial charge on any atom is 0.0757 e. The van der Waals surface area contributed by atoms with Gasteiger partial charge in [0.1, 0.15) is 0 Å². The van der Waals surface area contributed by atoms with Gasteiger partial charge in [0.25, 0.3) is 0 Å². The van der Waals surface area contributed by atoms with Crippen LogP contribution in [0.2, 0.25) is 0 Å². The Kier molecular flexibility index (Phi) is 4.68. The van der Waals surface area contributed by atoms with Crippen molar-refractivity contribution >= 4 is 0 Å². The summed E-state index contributed by atoms with van der Waals surface area (Å²) in [6.07, 6.45) is 6.17. The second-order valence-corrected chi connectivity index (χ2v) is 6.85. The normalized spacial score (nSPS) is 38.3. The molecule has 3 heteroatoms. The lowest BCUT2D eigenvalue weighted by Crippen LogP contribution is -2.53. The Morgan fingerprint density at radius 2 is 1.94 bits per heavy atom. The van der Waals surface area contributed by atoms with E-state index >= 15 is 0 Å². The van der Waals surface area contributed by atoms with Crippen LogP contribution in [0.4, 0.5) is 0 Å². The number of nitrogens with zero attached hydrogens (tertiary/aromatic N) is 1. The van der Waals surface area contributed by atoms with E-state index in [1.54, 1.807) is 0 Å². The first-order valence-electron chi connectivity index (χ1n) is 7.54. The summed E-state index contributed by atoms with van der Waals surface area (Å²) in [5.74, 6) is 0.466.